The first-order valence-electron chi connectivity index (χ1n) is 13.0. The van der Waals surface area contributed by atoms with Crippen molar-refractivity contribution in [3.63, 3.8) is 0 Å². The fraction of sp³-hybridized carbons (Fsp3) is 0.276. The second kappa shape index (κ2) is 10.5. The molecular formula is C29H28N6O3S. The van der Waals surface area contributed by atoms with Crippen LogP contribution in [0.2, 0.25) is 0 Å². The molecule has 10 heteroatoms. The molecule has 9 nitrogen and oxygen atoms in total. The van der Waals surface area contributed by atoms with Crippen molar-refractivity contribution in [3.8, 4) is 11.3 Å². The van der Waals surface area contributed by atoms with E-state index in [-0.39, 0.29) is 29.9 Å². The maximum absolute atomic E-state index is 13.6. The minimum atomic E-state index is -0.574. The zero-order valence-corrected chi connectivity index (χ0v) is 22.0. The van der Waals surface area contributed by atoms with E-state index in [1.807, 2.05) is 42.5 Å². The van der Waals surface area contributed by atoms with Gasteiger partial charge in [0, 0.05) is 35.6 Å². The summed E-state index contributed by atoms with van der Waals surface area (Å²) in [6.07, 6.45) is 8.14. The Morgan fingerprint density at radius 2 is 1.77 bits per heavy atom. The highest BCUT2D eigenvalue weighted by molar-refractivity contribution is 8.01. The van der Waals surface area contributed by atoms with E-state index in [0.29, 0.717) is 11.4 Å². The van der Waals surface area contributed by atoms with Gasteiger partial charge in [-0.15, -0.1) is 0 Å². The lowest BCUT2D eigenvalue weighted by Crippen LogP contribution is -2.56. The van der Waals surface area contributed by atoms with Crippen LogP contribution in [0.15, 0.2) is 78.6 Å². The van der Waals surface area contributed by atoms with Gasteiger partial charge in [0.25, 0.3) is 0 Å². The third-order valence-corrected chi connectivity index (χ3v) is 8.73. The van der Waals surface area contributed by atoms with Crippen molar-refractivity contribution in [2.24, 2.45) is 0 Å². The van der Waals surface area contributed by atoms with Crippen molar-refractivity contribution in [1.82, 2.24) is 25.9 Å². The Morgan fingerprint density at radius 1 is 1.03 bits per heavy atom. The number of pyridine rings is 2. The van der Waals surface area contributed by atoms with Gasteiger partial charge in [0.05, 0.1) is 23.1 Å². The molecule has 4 heterocycles. The summed E-state index contributed by atoms with van der Waals surface area (Å²) >= 11 is 1.36. The number of anilines is 2. The van der Waals surface area contributed by atoms with Gasteiger partial charge in [0.1, 0.15) is 10.3 Å². The van der Waals surface area contributed by atoms with Gasteiger partial charge in [-0.1, -0.05) is 61.5 Å². The topological polar surface area (TPSA) is 116 Å². The fourth-order valence-corrected chi connectivity index (χ4v) is 6.83. The summed E-state index contributed by atoms with van der Waals surface area (Å²) in [5.74, 6) is -0.425. The molecular weight excluding hydrogens is 512 g/mol. The first-order valence-corrected chi connectivity index (χ1v) is 13.9. The van der Waals surface area contributed by atoms with Crippen LogP contribution in [-0.4, -0.2) is 45.1 Å². The zero-order chi connectivity index (χ0) is 26.9. The van der Waals surface area contributed by atoms with E-state index in [2.05, 4.69) is 32.5 Å². The Balaban J connectivity index is 1.26. The first kappa shape index (κ1) is 25.1. The highest BCUT2D eigenvalue weighted by Gasteiger charge is 2.47. The van der Waals surface area contributed by atoms with Crippen LogP contribution in [0.25, 0.3) is 11.3 Å². The highest BCUT2D eigenvalue weighted by Crippen LogP contribution is 2.50. The molecule has 0 bridgehead atoms. The maximum atomic E-state index is 13.6. The lowest BCUT2D eigenvalue weighted by Gasteiger charge is -2.36. The number of urea groups is 1. The van der Waals surface area contributed by atoms with Gasteiger partial charge in [-0.2, -0.15) is 0 Å². The summed E-state index contributed by atoms with van der Waals surface area (Å²) in [7, 11) is 0. The van der Waals surface area contributed by atoms with Crippen LogP contribution in [0, 0.1) is 0 Å². The predicted molar refractivity (Wildman–Crippen MR) is 149 cm³/mol. The number of amides is 4. The van der Waals surface area contributed by atoms with Crippen molar-refractivity contribution in [1.29, 1.82) is 0 Å². The third kappa shape index (κ3) is 4.76. The fourth-order valence-electron chi connectivity index (χ4n) is 5.59. The molecule has 2 aliphatic heterocycles. The van der Waals surface area contributed by atoms with E-state index in [9.17, 15) is 14.4 Å². The molecule has 4 atom stereocenters. The molecule has 6 rings (SSSR count). The van der Waals surface area contributed by atoms with Crippen LogP contribution in [-0.2, 0) is 9.59 Å². The molecule has 2 unspecified atom stereocenters. The van der Waals surface area contributed by atoms with Gasteiger partial charge in [-0.05, 0) is 37.1 Å². The molecule has 39 heavy (non-hydrogen) atoms. The highest BCUT2D eigenvalue weighted by atomic mass is 32.2. The zero-order valence-electron chi connectivity index (χ0n) is 21.2. The molecule has 3 aliphatic rings. The summed E-state index contributed by atoms with van der Waals surface area (Å²) < 4.78 is 0. The number of benzene rings is 1. The van der Waals surface area contributed by atoms with Gasteiger partial charge in [0.2, 0.25) is 11.8 Å². The molecule has 1 aliphatic carbocycles. The number of aromatic nitrogens is 2. The van der Waals surface area contributed by atoms with Crippen molar-refractivity contribution in [2.45, 2.75) is 54.1 Å². The number of thioether (sulfide) groups is 1. The molecule has 1 saturated carbocycles. The van der Waals surface area contributed by atoms with E-state index in [1.165, 1.54) is 17.8 Å². The van der Waals surface area contributed by atoms with Crippen LogP contribution in [0.4, 0.5) is 16.2 Å². The molecule has 3 N–H and O–H groups in total. The quantitative estimate of drug-likeness (QED) is 0.403. The summed E-state index contributed by atoms with van der Waals surface area (Å²) in [4.78, 5) is 49.7. The van der Waals surface area contributed by atoms with Crippen LogP contribution < -0.4 is 20.9 Å². The summed E-state index contributed by atoms with van der Waals surface area (Å²) in [5.41, 5.74) is 3.92. The minimum Gasteiger partial charge on any atom is -0.350 e. The number of carbonyl (C=O) groups is 3. The molecule has 3 aromatic rings. The Bertz CT molecular complexity index is 1450. The second-order valence-corrected chi connectivity index (χ2v) is 11.0. The third-order valence-electron chi connectivity index (χ3n) is 7.44. The van der Waals surface area contributed by atoms with E-state index in [4.69, 9.17) is 0 Å². The SMILES string of the molecule is C=CC(=O)N[C@H]1CCCC[C@H]1NC(=O)C1Sc2nccc3c2C1NC(=O)N3c1ccnc(-c2ccccc2)c1. The number of nitrogens with zero attached hydrogens (tertiary/aromatic N) is 3. The van der Waals surface area contributed by atoms with Crippen molar-refractivity contribution in [3.05, 3.63) is 79.1 Å². The lowest BCUT2D eigenvalue weighted by atomic mass is 9.89. The number of hydrogen-bond donors (Lipinski definition) is 3. The Hall–Kier alpha value is -4.18. The number of hydrogen-bond acceptors (Lipinski definition) is 6. The van der Waals surface area contributed by atoms with Crippen LogP contribution in [0.1, 0.15) is 37.3 Å². The average Bonchev–Trinajstić information content (AvgIpc) is 3.34. The molecule has 4 amide bonds. The van der Waals surface area contributed by atoms with Gasteiger partial charge >= 0.3 is 6.03 Å². The van der Waals surface area contributed by atoms with Crippen LogP contribution in [0.3, 0.4) is 0 Å². The molecule has 0 spiro atoms. The predicted octanol–water partition coefficient (Wildman–Crippen LogP) is 4.25. The monoisotopic (exact) mass is 540 g/mol. The molecule has 2 aromatic heterocycles. The first-order chi connectivity index (χ1) is 19.0. The minimum absolute atomic E-state index is 0.155. The Kier molecular flexibility index (Phi) is 6.78. The van der Waals surface area contributed by atoms with E-state index < -0.39 is 11.3 Å². The normalized spacial score (nSPS) is 23.4. The van der Waals surface area contributed by atoms with Gasteiger partial charge in [-0.3, -0.25) is 19.5 Å². The van der Waals surface area contributed by atoms with E-state index >= 15 is 0 Å². The van der Waals surface area contributed by atoms with E-state index in [0.717, 1.165) is 47.5 Å². The molecule has 1 aromatic carbocycles. The maximum Gasteiger partial charge on any atom is 0.327 e. The summed E-state index contributed by atoms with van der Waals surface area (Å²) in [6.45, 7) is 3.53. The number of nitrogens with one attached hydrogen (secondary N) is 3. The van der Waals surface area contributed by atoms with E-state index in [1.54, 1.807) is 23.4 Å². The summed E-state index contributed by atoms with van der Waals surface area (Å²) in [5, 5.41) is 9.32. The smallest absolute Gasteiger partial charge is 0.327 e. The molecule has 1 fully saturated rings. The van der Waals surface area contributed by atoms with Crippen molar-refractivity contribution in [2.75, 3.05) is 4.90 Å². The second-order valence-electron chi connectivity index (χ2n) is 9.83. The van der Waals surface area contributed by atoms with Crippen molar-refractivity contribution < 1.29 is 14.4 Å². The van der Waals surface area contributed by atoms with Gasteiger partial charge in [0.15, 0.2) is 0 Å². The Morgan fingerprint density at radius 3 is 2.54 bits per heavy atom. The average molecular weight is 541 g/mol. The van der Waals surface area contributed by atoms with Gasteiger partial charge in [-0.25, -0.2) is 9.78 Å². The number of carbonyl (C=O) groups excluding carboxylic acids is 3. The lowest BCUT2D eigenvalue weighted by molar-refractivity contribution is -0.123. The van der Waals surface area contributed by atoms with Crippen molar-refractivity contribution >= 4 is 41.0 Å². The molecule has 198 valence electrons. The number of rotatable bonds is 6. The standard InChI is InChI=1S/C29H28N6O3S/c1-2-23(36)32-19-10-6-7-11-20(19)33-27(37)26-25-24-22(13-15-31-28(24)39-26)35(29(38)34-25)18-12-14-30-21(16-18)17-8-4-3-5-9-17/h2-5,8-9,12-16,19-20,25-26H,1,6-7,10-11H2,(H,32,36)(H,33,37)(H,34,38)/t19-,20+,25?,26?/m0/s1. The van der Waals surface area contributed by atoms with Crippen LogP contribution in [0.5, 0.6) is 0 Å². The Labute approximate surface area is 230 Å². The van der Waals surface area contributed by atoms with Gasteiger partial charge < -0.3 is 16.0 Å². The molecule has 0 saturated heterocycles. The van der Waals surface area contributed by atoms with Crippen LogP contribution >= 0.6 is 11.8 Å². The largest absolute Gasteiger partial charge is 0.350 e. The summed E-state index contributed by atoms with van der Waals surface area (Å²) in [6, 6.07) is 14.1. The molecule has 0 radical (unpaired) electrons.